The molecule has 2 heterocycles. The van der Waals surface area contributed by atoms with Gasteiger partial charge in [-0.1, -0.05) is 11.6 Å². The zero-order chi connectivity index (χ0) is 22.5. The number of ether oxygens (including phenoxy) is 1. The van der Waals surface area contributed by atoms with E-state index in [0.29, 0.717) is 28.1 Å². The second-order valence-electron chi connectivity index (χ2n) is 8.34. The molecule has 1 aromatic carbocycles. The number of carbonyl (C=O) groups is 1. The van der Waals surface area contributed by atoms with E-state index in [2.05, 4.69) is 32.7 Å². The maximum Gasteiger partial charge on any atom is 0.272 e. The summed E-state index contributed by atoms with van der Waals surface area (Å²) < 4.78 is 6.01. The highest BCUT2D eigenvalue weighted by Crippen LogP contribution is 2.27. The largest absolute Gasteiger partial charge is 0.490 e. The topological polar surface area (TPSA) is 103 Å². The van der Waals surface area contributed by atoms with Crippen molar-refractivity contribution in [3.8, 4) is 11.8 Å². The molecule has 1 atom stereocenters. The molecule has 8 nitrogen and oxygen atoms in total. The molecule has 1 saturated heterocycles. The summed E-state index contributed by atoms with van der Waals surface area (Å²) in [5.41, 5.74) is 0.770. The van der Waals surface area contributed by atoms with E-state index in [1.165, 1.54) is 0 Å². The number of halogens is 1. The molecule has 0 unspecified atom stereocenters. The minimum Gasteiger partial charge on any atom is -0.490 e. The van der Waals surface area contributed by atoms with Crippen LogP contribution in [0.3, 0.4) is 0 Å². The van der Waals surface area contributed by atoms with E-state index in [-0.39, 0.29) is 18.1 Å². The van der Waals surface area contributed by atoms with Gasteiger partial charge in [0.15, 0.2) is 11.5 Å². The van der Waals surface area contributed by atoms with Gasteiger partial charge in [0.25, 0.3) is 5.91 Å². The van der Waals surface area contributed by atoms with Gasteiger partial charge in [-0.25, -0.2) is 0 Å². The van der Waals surface area contributed by atoms with Crippen LogP contribution in [0.5, 0.6) is 5.75 Å². The minimum absolute atomic E-state index is 0.0623. The van der Waals surface area contributed by atoms with Gasteiger partial charge in [-0.3, -0.25) is 4.79 Å². The van der Waals surface area contributed by atoms with Gasteiger partial charge >= 0.3 is 0 Å². The molecule has 0 spiro atoms. The molecule has 1 aliphatic heterocycles. The minimum atomic E-state index is -0.194. The van der Waals surface area contributed by atoms with E-state index in [4.69, 9.17) is 21.6 Å². The number of carbonyl (C=O) groups excluding carboxylic acids is 1. The fraction of sp³-hybridized carbons (Fsp3) is 0.478. The predicted octanol–water partition coefficient (Wildman–Crippen LogP) is 2.92. The van der Waals surface area contributed by atoms with E-state index < -0.39 is 0 Å². The Morgan fingerprint density at radius 3 is 2.72 bits per heavy atom. The zero-order valence-electron chi connectivity index (χ0n) is 18.1. The molecule has 2 aliphatic rings. The Morgan fingerprint density at radius 2 is 2.06 bits per heavy atom. The molecule has 0 radical (unpaired) electrons. The standard InChI is InChI=1S/C23H27ClN6O2/c1-15-14-26-10-11-30(15)22-9-8-21(28-29-22)23(31)27-17-3-6-18(7-4-17)32-19-5-2-16(13-25)20(24)12-19/h2,5,8-9,12,15,17-18,26H,3-4,6-7,10-11,14H2,1H3,(H,27,31)/t15-,17?,18?/m0/s1. The number of hydrogen-bond acceptors (Lipinski definition) is 7. The molecular formula is C23H27ClN6O2. The van der Waals surface area contributed by atoms with Crippen LogP contribution in [0.25, 0.3) is 0 Å². The molecule has 2 fully saturated rings. The summed E-state index contributed by atoms with van der Waals surface area (Å²) in [6, 6.07) is 11.2. The zero-order valence-corrected chi connectivity index (χ0v) is 18.8. The van der Waals surface area contributed by atoms with Gasteiger partial charge in [0.05, 0.1) is 16.7 Å². The maximum atomic E-state index is 12.6. The monoisotopic (exact) mass is 454 g/mol. The molecule has 9 heteroatoms. The number of anilines is 1. The van der Waals surface area contributed by atoms with Crippen molar-refractivity contribution >= 4 is 23.3 Å². The van der Waals surface area contributed by atoms with Crippen LogP contribution in [0.2, 0.25) is 5.02 Å². The number of aromatic nitrogens is 2. The molecule has 0 bridgehead atoms. The molecule has 32 heavy (non-hydrogen) atoms. The Balaban J connectivity index is 1.26. The summed E-state index contributed by atoms with van der Waals surface area (Å²) in [5.74, 6) is 1.27. The van der Waals surface area contributed by atoms with Crippen LogP contribution in [0.1, 0.15) is 48.7 Å². The fourth-order valence-electron chi connectivity index (χ4n) is 4.22. The van der Waals surface area contributed by atoms with Gasteiger partial charge in [0.2, 0.25) is 0 Å². The SMILES string of the molecule is C[C@H]1CNCCN1c1ccc(C(=O)NC2CCC(Oc3ccc(C#N)c(Cl)c3)CC2)nn1. The Hall–Kier alpha value is -2.89. The lowest BCUT2D eigenvalue weighted by atomic mass is 9.93. The molecule has 1 saturated carbocycles. The summed E-state index contributed by atoms with van der Waals surface area (Å²) >= 11 is 6.08. The number of hydrogen-bond donors (Lipinski definition) is 2. The number of piperazine rings is 1. The summed E-state index contributed by atoms with van der Waals surface area (Å²) in [5, 5.41) is 24.2. The second-order valence-corrected chi connectivity index (χ2v) is 8.75. The molecule has 4 rings (SSSR count). The summed E-state index contributed by atoms with van der Waals surface area (Å²) in [6.07, 6.45) is 3.36. The van der Waals surface area contributed by atoms with E-state index >= 15 is 0 Å². The average Bonchev–Trinajstić information content (AvgIpc) is 2.81. The van der Waals surface area contributed by atoms with Crippen LogP contribution in [0.4, 0.5) is 5.82 Å². The number of amides is 1. The fourth-order valence-corrected chi connectivity index (χ4v) is 4.43. The first-order valence-electron chi connectivity index (χ1n) is 11.0. The Morgan fingerprint density at radius 1 is 1.25 bits per heavy atom. The molecule has 2 aromatic rings. The van der Waals surface area contributed by atoms with Gasteiger partial charge in [0, 0.05) is 37.8 Å². The number of nitrogens with zero attached hydrogens (tertiary/aromatic N) is 4. The Labute approximate surface area is 192 Å². The molecular weight excluding hydrogens is 428 g/mol. The summed E-state index contributed by atoms with van der Waals surface area (Å²) in [7, 11) is 0. The average molecular weight is 455 g/mol. The van der Waals surface area contributed by atoms with Crippen molar-refractivity contribution in [2.45, 2.75) is 50.8 Å². The van der Waals surface area contributed by atoms with Crippen molar-refractivity contribution in [3.63, 3.8) is 0 Å². The van der Waals surface area contributed by atoms with Crippen LogP contribution in [0.15, 0.2) is 30.3 Å². The molecule has 2 N–H and O–H groups in total. The first-order chi connectivity index (χ1) is 15.5. The molecule has 168 valence electrons. The normalized spacial score (nSPS) is 23.3. The third kappa shape index (κ3) is 5.29. The van der Waals surface area contributed by atoms with Crippen LogP contribution in [-0.2, 0) is 0 Å². The number of nitriles is 1. The van der Waals surface area contributed by atoms with Crippen LogP contribution < -0.4 is 20.3 Å². The van der Waals surface area contributed by atoms with Crippen molar-refractivity contribution in [3.05, 3.63) is 46.6 Å². The maximum absolute atomic E-state index is 12.6. The highest BCUT2D eigenvalue weighted by Gasteiger charge is 2.25. The highest BCUT2D eigenvalue weighted by molar-refractivity contribution is 6.31. The van der Waals surface area contributed by atoms with Crippen molar-refractivity contribution < 1.29 is 9.53 Å². The number of nitrogens with one attached hydrogen (secondary N) is 2. The lowest BCUT2D eigenvalue weighted by molar-refractivity contribution is 0.0888. The van der Waals surface area contributed by atoms with Crippen molar-refractivity contribution in [2.24, 2.45) is 0 Å². The van der Waals surface area contributed by atoms with Crippen molar-refractivity contribution in [1.29, 1.82) is 5.26 Å². The number of benzene rings is 1. The molecule has 1 aromatic heterocycles. The van der Waals surface area contributed by atoms with E-state index in [9.17, 15) is 4.79 Å². The van der Waals surface area contributed by atoms with Crippen molar-refractivity contribution in [2.75, 3.05) is 24.5 Å². The van der Waals surface area contributed by atoms with E-state index in [0.717, 1.165) is 51.1 Å². The molecule has 1 aliphatic carbocycles. The van der Waals surface area contributed by atoms with E-state index in [1.54, 1.807) is 24.3 Å². The van der Waals surface area contributed by atoms with Crippen molar-refractivity contribution in [1.82, 2.24) is 20.8 Å². The lowest BCUT2D eigenvalue weighted by Gasteiger charge is -2.34. The van der Waals surface area contributed by atoms with Crippen LogP contribution >= 0.6 is 11.6 Å². The van der Waals surface area contributed by atoms with Gasteiger partial charge in [-0.05, 0) is 56.9 Å². The van der Waals surface area contributed by atoms with Gasteiger partial charge < -0.3 is 20.3 Å². The third-order valence-corrected chi connectivity index (χ3v) is 6.36. The summed E-state index contributed by atoms with van der Waals surface area (Å²) in [6.45, 7) is 4.85. The smallest absolute Gasteiger partial charge is 0.272 e. The highest BCUT2D eigenvalue weighted by atomic mass is 35.5. The van der Waals surface area contributed by atoms with Gasteiger partial charge in [0.1, 0.15) is 11.8 Å². The lowest BCUT2D eigenvalue weighted by Crippen LogP contribution is -2.50. The number of rotatable bonds is 5. The first-order valence-corrected chi connectivity index (χ1v) is 11.4. The molecule has 1 amide bonds. The second kappa shape index (κ2) is 10.2. The van der Waals surface area contributed by atoms with E-state index in [1.807, 2.05) is 12.1 Å². The van der Waals surface area contributed by atoms with Crippen LogP contribution in [-0.4, -0.2) is 53.9 Å². The van der Waals surface area contributed by atoms with Crippen LogP contribution in [0, 0.1) is 11.3 Å². The third-order valence-electron chi connectivity index (χ3n) is 6.05. The Kier molecular flexibility index (Phi) is 7.08. The quantitative estimate of drug-likeness (QED) is 0.715. The van der Waals surface area contributed by atoms with Gasteiger partial charge in [-0.15, -0.1) is 10.2 Å². The predicted molar refractivity (Wildman–Crippen MR) is 122 cm³/mol. The first kappa shape index (κ1) is 22.3. The Bertz CT molecular complexity index is 985. The summed E-state index contributed by atoms with van der Waals surface area (Å²) in [4.78, 5) is 14.8. The van der Waals surface area contributed by atoms with Gasteiger partial charge in [-0.2, -0.15) is 5.26 Å².